The number of esters is 1. The molecule has 0 saturated heterocycles. The van der Waals surface area contributed by atoms with E-state index < -0.39 is 5.41 Å². The van der Waals surface area contributed by atoms with Gasteiger partial charge in [-0.25, -0.2) is 4.79 Å². The van der Waals surface area contributed by atoms with Crippen LogP contribution < -0.4 is 0 Å². The zero-order valence-electron chi connectivity index (χ0n) is 12.3. The van der Waals surface area contributed by atoms with E-state index in [9.17, 15) is 10.1 Å². The molecule has 0 bridgehead atoms. The number of hydrogen-bond acceptors (Lipinski definition) is 3. The molecule has 3 nitrogen and oxygen atoms in total. The summed E-state index contributed by atoms with van der Waals surface area (Å²) in [5, 5.41) is 10.3. The maximum absolute atomic E-state index is 11.5. The Bertz CT molecular complexity index is 813. The van der Waals surface area contributed by atoms with Crippen molar-refractivity contribution >= 4 is 33.5 Å². The number of halogens is 2. The highest BCUT2D eigenvalue weighted by Gasteiger charge is 2.57. The molecule has 2 atom stereocenters. The second-order valence-electron chi connectivity index (χ2n) is 5.58. The molecule has 2 aromatic rings. The number of benzene rings is 2. The lowest BCUT2D eigenvalue weighted by Crippen LogP contribution is -2.08. The molecule has 0 spiro atoms. The van der Waals surface area contributed by atoms with Gasteiger partial charge in [-0.15, -0.1) is 0 Å². The summed E-state index contributed by atoms with van der Waals surface area (Å²) in [6.07, 6.45) is 0.725. The van der Waals surface area contributed by atoms with Crippen LogP contribution in [-0.2, 0) is 10.2 Å². The number of hydrogen-bond donors (Lipinski definition) is 0. The van der Waals surface area contributed by atoms with Gasteiger partial charge in [-0.2, -0.15) is 5.26 Å². The van der Waals surface area contributed by atoms with Gasteiger partial charge in [-0.1, -0.05) is 45.7 Å². The number of rotatable bonds is 3. The van der Waals surface area contributed by atoms with Crippen molar-refractivity contribution in [3.8, 4) is 6.07 Å². The molecule has 0 radical (unpaired) electrons. The molecule has 5 heteroatoms. The number of nitrogens with zero attached hydrogens (tertiary/aromatic N) is 1. The fraction of sp³-hybridized carbons (Fsp3) is 0.222. The minimum atomic E-state index is -0.593. The predicted molar refractivity (Wildman–Crippen MR) is 91.6 cm³/mol. The van der Waals surface area contributed by atoms with Gasteiger partial charge in [0.1, 0.15) is 0 Å². The normalized spacial score (nSPS) is 22.3. The molecule has 2 aromatic carbocycles. The van der Waals surface area contributed by atoms with Crippen molar-refractivity contribution in [3.05, 3.63) is 68.7 Å². The molecule has 2 unspecified atom stereocenters. The van der Waals surface area contributed by atoms with Crippen LogP contribution in [0.15, 0.2) is 46.9 Å². The standard InChI is InChI=1S/C18H13BrClNO2/c1-23-17(22)12-4-2-11(3-5-12)15-9-18(15,10-21)14-7-6-13(19)8-16(14)20/h2-8,15H,9H2,1H3. The molecule has 0 aromatic heterocycles. The van der Waals surface area contributed by atoms with E-state index in [4.69, 9.17) is 16.3 Å². The van der Waals surface area contributed by atoms with E-state index in [2.05, 4.69) is 22.0 Å². The molecule has 0 aliphatic heterocycles. The number of nitriles is 1. The maximum atomic E-state index is 11.5. The number of ether oxygens (including phenoxy) is 1. The molecule has 1 saturated carbocycles. The zero-order chi connectivity index (χ0) is 16.6. The van der Waals surface area contributed by atoms with Gasteiger partial charge in [-0.05, 0) is 41.8 Å². The largest absolute Gasteiger partial charge is 0.465 e. The molecule has 0 heterocycles. The van der Waals surface area contributed by atoms with Crippen molar-refractivity contribution in [3.63, 3.8) is 0 Å². The van der Waals surface area contributed by atoms with E-state index in [1.165, 1.54) is 7.11 Å². The molecule has 23 heavy (non-hydrogen) atoms. The highest BCUT2D eigenvalue weighted by molar-refractivity contribution is 9.10. The second-order valence-corrected chi connectivity index (χ2v) is 6.90. The number of carbonyl (C=O) groups is 1. The summed E-state index contributed by atoms with van der Waals surface area (Å²) in [4.78, 5) is 11.5. The molecule has 1 fully saturated rings. The van der Waals surface area contributed by atoms with Crippen molar-refractivity contribution in [2.45, 2.75) is 17.8 Å². The van der Waals surface area contributed by atoms with Crippen molar-refractivity contribution in [1.82, 2.24) is 0 Å². The SMILES string of the molecule is COC(=O)c1ccc(C2CC2(C#N)c2ccc(Br)cc2Cl)cc1. The van der Waals surface area contributed by atoms with Crippen LogP contribution in [0.25, 0.3) is 0 Å². The van der Waals surface area contributed by atoms with Gasteiger partial charge in [0.15, 0.2) is 0 Å². The van der Waals surface area contributed by atoms with Gasteiger partial charge in [0, 0.05) is 15.4 Å². The van der Waals surface area contributed by atoms with Gasteiger partial charge >= 0.3 is 5.97 Å². The van der Waals surface area contributed by atoms with Gasteiger partial charge in [0.2, 0.25) is 0 Å². The maximum Gasteiger partial charge on any atom is 0.337 e. The summed E-state index contributed by atoms with van der Waals surface area (Å²) in [7, 11) is 1.35. The molecule has 0 N–H and O–H groups in total. The number of carbonyl (C=O) groups excluding carboxylic acids is 1. The zero-order valence-corrected chi connectivity index (χ0v) is 14.7. The minimum Gasteiger partial charge on any atom is -0.465 e. The Balaban J connectivity index is 1.91. The number of methoxy groups -OCH3 is 1. The van der Waals surface area contributed by atoms with Crippen molar-refractivity contribution in [1.29, 1.82) is 5.26 Å². The minimum absolute atomic E-state index is 0.0814. The van der Waals surface area contributed by atoms with Crippen LogP contribution in [0.4, 0.5) is 0 Å². The van der Waals surface area contributed by atoms with Crippen LogP contribution in [0, 0.1) is 11.3 Å². The Kier molecular flexibility index (Phi) is 4.18. The van der Waals surface area contributed by atoms with Gasteiger partial charge < -0.3 is 4.74 Å². The first-order valence-electron chi connectivity index (χ1n) is 7.07. The van der Waals surface area contributed by atoms with Crippen LogP contribution in [0.3, 0.4) is 0 Å². The summed E-state index contributed by atoms with van der Waals surface area (Å²) >= 11 is 9.71. The lowest BCUT2D eigenvalue weighted by atomic mass is 9.92. The predicted octanol–water partition coefficient (Wildman–Crippen LogP) is 4.84. The highest BCUT2D eigenvalue weighted by atomic mass is 79.9. The van der Waals surface area contributed by atoms with E-state index in [0.29, 0.717) is 10.6 Å². The third-order valence-electron chi connectivity index (χ3n) is 4.31. The van der Waals surface area contributed by atoms with E-state index in [1.54, 1.807) is 12.1 Å². The highest BCUT2D eigenvalue weighted by Crippen LogP contribution is 2.61. The molecular formula is C18H13BrClNO2. The van der Waals surface area contributed by atoms with Gasteiger partial charge in [0.05, 0.1) is 24.2 Å². The van der Waals surface area contributed by atoms with Crippen LogP contribution >= 0.6 is 27.5 Å². The van der Waals surface area contributed by atoms with Crippen LogP contribution in [0.5, 0.6) is 0 Å². The third-order valence-corrected chi connectivity index (χ3v) is 5.11. The Morgan fingerprint density at radius 1 is 1.35 bits per heavy atom. The summed E-state index contributed by atoms with van der Waals surface area (Å²) in [5.41, 5.74) is 1.79. The van der Waals surface area contributed by atoms with E-state index in [0.717, 1.165) is 22.0 Å². The molecule has 116 valence electrons. The lowest BCUT2D eigenvalue weighted by Gasteiger charge is -2.12. The first-order valence-corrected chi connectivity index (χ1v) is 8.24. The first-order chi connectivity index (χ1) is 11.0. The fourth-order valence-corrected chi connectivity index (χ4v) is 3.81. The summed E-state index contributed by atoms with van der Waals surface area (Å²) in [6.45, 7) is 0. The fourth-order valence-electron chi connectivity index (χ4n) is 2.97. The van der Waals surface area contributed by atoms with E-state index in [-0.39, 0.29) is 11.9 Å². The average molecular weight is 391 g/mol. The van der Waals surface area contributed by atoms with Crippen LogP contribution in [0.2, 0.25) is 5.02 Å². The van der Waals surface area contributed by atoms with Gasteiger partial charge in [-0.3, -0.25) is 0 Å². The Labute approximate surface area is 148 Å². The molecule has 0 amide bonds. The Hall–Kier alpha value is -1.83. The molecular weight excluding hydrogens is 378 g/mol. The lowest BCUT2D eigenvalue weighted by molar-refractivity contribution is 0.0600. The second kappa shape index (κ2) is 5.99. The van der Waals surface area contributed by atoms with E-state index in [1.807, 2.05) is 30.3 Å². The van der Waals surface area contributed by atoms with Gasteiger partial charge in [0.25, 0.3) is 0 Å². The Morgan fingerprint density at radius 2 is 2.04 bits per heavy atom. The molecule has 1 aliphatic carbocycles. The summed E-state index contributed by atoms with van der Waals surface area (Å²) in [6, 6.07) is 15.3. The van der Waals surface area contributed by atoms with Crippen molar-refractivity contribution in [2.75, 3.05) is 7.11 Å². The average Bonchev–Trinajstić information content (AvgIpc) is 3.30. The first kappa shape index (κ1) is 16.0. The van der Waals surface area contributed by atoms with Crippen LogP contribution in [0.1, 0.15) is 33.8 Å². The molecule has 1 aliphatic rings. The monoisotopic (exact) mass is 389 g/mol. The van der Waals surface area contributed by atoms with Crippen molar-refractivity contribution in [2.24, 2.45) is 0 Å². The quantitative estimate of drug-likeness (QED) is 0.705. The smallest absolute Gasteiger partial charge is 0.337 e. The topological polar surface area (TPSA) is 50.1 Å². The summed E-state index contributed by atoms with van der Waals surface area (Å²) in [5.74, 6) is -0.285. The van der Waals surface area contributed by atoms with Crippen molar-refractivity contribution < 1.29 is 9.53 Å². The van der Waals surface area contributed by atoms with E-state index >= 15 is 0 Å². The molecule has 3 rings (SSSR count). The third kappa shape index (κ3) is 2.75. The van der Waals surface area contributed by atoms with Crippen LogP contribution in [-0.4, -0.2) is 13.1 Å². The Morgan fingerprint density at radius 3 is 2.61 bits per heavy atom. The summed E-state index contributed by atoms with van der Waals surface area (Å²) < 4.78 is 5.59.